The molecule has 0 aliphatic heterocycles. The minimum absolute atomic E-state index is 0.126. The fourth-order valence-corrected chi connectivity index (χ4v) is 1.87. The van der Waals surface area contributed by atoms with Gasteiger partial charge in [-0.15, -0.1) is 0 Å². The van der Waals surface area contributed by atoms with Gasteiger partial charge in [0.2, 0.25) is 11.7 Å². The summed E-state index contributed by atoms with van der Waals surface area (Å²) in [7, 11) is 0. The van der Waals surface area contributed by atoms with Crippen molar-refractivity contribution in [3.63, 3.8) is 0 Å². The molecule has 0 aliphatic rings. The lowest BCUT2D eigenvalue weighted by Gasteiger charge is -1.97. The smallest absolute Gasteiger partial charge is 0.240 e. The maximum Gasteiger partial charge on any atom is 0.240 e. The van der Waals surface area contributed by atoms with Crippen molar-refractivity contribution in [1.82, 2.24) is 10.1 Å². The van der Waals surface area contributed by atoms with Crippen molar-refractivity contribution in [3.8, 4) is 11.4 Å². The molecule has 0 bridgehead atoms. The standard InChI is InChI=1S/C11H10Br2N2O/c1-2-9(13)11-14-10(15-16-11)7-4-3-5-8(12)6-7/h3-6,9H,2H2,1H3. The van der Waals surface area contributed by atoms with Crippen LogP contribution in [0.4, 0.5) is 0 Å². The van der Waals surface area contributed by atoms with E-state index in [1.807, 2.05) is 24.3 Å². The minimum Gasteiger partial charge on any atom is -0.338 e. The topological polar surface area (TPSA) is 38.9 Å². The molecule has 5 heteroatoms. The van der Waals surface area contributed by atoms with E-state index in [4.69, 9.17) is 4.52 Å². The van der Waals surface area contributed by atoms with Crippen LogP contribution in [0.5, 0.6) is 0 Å². The molecule has 0 saturated heterocycles. The number of hydrogen-bond donors (Lipinski definition) is 0. The quantitative estimate of drug-likeness (QED) is 0.776. The monoisotopic (exact) mass is 344 g/mol. The Bertz CT molecular complexity index is 484. The van der Waals surface area contributed by atoms with E-state index in [1.165, 1.54) is 0 Å². The molecule has 0 aliphatic carbocycles. The van der Waals surface area contributed by atoms with Gasteiger partial charge in [-0.3, -0.25) is 0 Å². The van der Waals surface area contributed by atoms with E-state index in [0.29, 0.717) is 11.7 Å². The molecular weight excluding hydrogens is 336 g/mol. The van der Waals surface area contributed by atoms with Gasteiger partial charge in [0, 0.05) is 10.0 Å². The molecule has 16 heavy (non-hydrogen) atoms. The summed E-state index contributed by atoms with van der Waals surface area (Å²) in [5, 5.41) is 3.96. The molecule has 84 valence electrons. The average Bonchev–Trinajstić information content (AvgIpc) is 2.77. The molecule has 2 aromatic rings. The lowest BCUT2D eigenvalue weighted by molar-refractivity contribution is 0.377. The Hall–Kier alpha value is -0.680. The molecule has 1 aromatic carbocycles. The third-order valence-electron chi connectivity index (χ3n) is 2.15. The molecule has 0 spiro atoms. The second-order valence-electron chi connectivity index (χ2n) is 3.34. The van der Waals surface area contributed by atoms with Gasteiger partial charge in [-0.1, -0.05) is 56.1 Å². The summed E-state index contributed by atoms with van der Waals surface area (Å²) < 4.78 is 6.19. The van der Waals surface area contributed by atoms with E-state index in [2.05, 4.69) is 48.9 Å². The molecular formula is C11H10Br2N2O. The molecule has 1 unspecified atom stereocenters. The Balaban J connectivity index is 2.31. The summed E-state index contributed by atoms with van der Waals surface area (Å²) in [5.41, 5.74) is 0.945. The summed E-state index contributed by atoms with van der Waals surface area (Å²) in [4.78, 5) is 4.47. The number of hydrogen-bond acceptors (Lipinski definition) is 3. The minimum atomic E-state index is 0.126. The molecule has 3 nitrogen and oxygen atoms in total. The number of halogens is 2. The Morgan fingerprint density at radius 3 is 2.94 bits per heavy atom. The van der Waals surface area contributed by atoms with Crippen molar-refractivity contribution in [3.05, 3.63) is 34.6 Å². The number of aromatic nitrogens is 2. The molecule has 0 fully saturated rings. The normalized spacial score (nSPS) is 12.7. The van der Waals surface area contributed by atoms with Crippen molar-refractivity contribution >= 4 is 31.9 Å². The molecule has 0 radical (unpaired) electrons. The van der Waals surface area contributed by atoms with Crippen LogP contribution in [0.2, 0.25) is 0 Å². The number of benzene rings is 1. The van der Waals surface area contributed by atoms with Gasteiger partial charge >= 0.3 is 0 Å². The summed E-state index contributed by atoms with van der Waals surface area (Å²) in [5.74, 6) is 1.24. The Morgan fingerprint density at radius 2 is 2.25 bits per heavy atom. The van der Waals surface area contributed by atoms with Crippen LogP contribution in [-0.2, 0) is 0 Å². The first-order valence-corrected chi connectivity index (χ1v) is 6.65. The van der Waals surface area contributed by atoms with Crippen LogP contribution in [0.1, 0.15) is 24.1 Å². The third kappa shape index (κ3) is 2.52. The fourth-order valence-electron chi connectivity index (χ4n) is 1.28. The third-order valence-corrected chi connectivity index (χ3v) is 3.68. The number of alkyl halides is 1. The van der Waals surface area contributed by atoms with Crippen molar-refractivity contribution in [2.75, 3.05) is 0 Å². The fraction of sp³-hybridized carbons (Fsp3) is 0.273. The van der Waals surface area contributed by atoms with Crippen LogP contribution in [0, 0.1) is 0 Å². The largest absolute Gasteiger partial charge is 0.338 e. The number of nitrogens with zero attached hydrogens (tertiary/aromatic N) is 2. The van der Waals surface area contributed by atoms with Crippen molar-refractivity contribution in [2.45, 2.75) is 18.2 Å². The van der Waals surface area contributed by atoms with E-state index in [0.717, 1.165) is 16.5 Å². The van der Waals surface area contributed by atoms with Gasteiger partial charge in [0.1, 0.15) is 0 Å². The molecule has 0 N–H and O–H groups in total. The molecule has 1 heterocycles. The maximum absolute atomic E-state index is 5.19. The molecule has 1 atom stereocenters. The first-order chi connectivity index (χ1) is 7.70. The summed E-state index contributed by atoms with van der Waals surface area (Å²) >= 11 is 6.89. The van der Waals surface area contributed by atoms with E-state index in [1.54, 1.807) is 0 Å². The Labute approximate surface area is 111 Å². The van der Waals surface area contributed by atoms with Crippen LogP contribution in [0.25, 0.3) is 11.4 Å². The van der Waals surface area contributed by atoms with Crippen molar-refractivity contribution < 1.29 is 4.52 Å². The van der Waals surface area contributed by atoms with E-state index in [-0.39, 0.29) is 4.83 Å². The highest BCUT2D eigenvalue weighted by Crippen LogP contribution is 2.27. The van der Waals surface area contributed by atoms with Gasteiger partial charge in [0.15, 0.2) is 0 Å². The van der Waals surface area contributed by atoms with Gasteiger partial charge in [0.25, 0.3) is 0 Å². The summed E-state index contributed by atoms with van der Waals surface area (Å²) in [6.07, 6.45) is 0.917. The maximum atomic E-state index is 5.19. The van der Waals surface area contributed by atoms with Gasteiger partial charge in [-0.05, 0) is 18.6 Å². The first kappa shape index (κ1) is 11.8. The van der Waals surface area contributed by atoms with E-state index < -0.39 is 0 Å². The van der Waals surface area contributed by atoms with Crippen molar-refractivity contribution in [1.29, 1.82) is 0 Å². The number of rotatable bonds is 3. The highest BCUT2D eigenvalue weighted by molar-refractivity contribution is 9.10. The van der Waals surface area contributed by atoms with Crippen LogP contribution in [0.15, 0.2) is 33.3 Å². The second kappa shape index (κ2) is 5.10. The molecule has 0 saturated carbocycles. The second-order valence-corrected chi connectivity index (χ2v) is 5.36. The molecule has 1 aromatic heterocycles. The predicted octanol–water partition coefficient (Wildman–Crippen LogP) is 4.35. The predicted molar refractivity (Wildman–Crippen MR) is 69.4 cm³/mol. The molecule has 0 amide bonds. The Kier molecular flexibility index (Phi) is 3.76. The zero-order chi connectivity index (χ0) is 11.5. The van der Waals surface area contributed by atoms with Crippen LogP contribution < -0.4 is 0 Å². The lowest BCUT2D eigenvalue weighted by Crippen LogP contribution is -1.87. The summed E-state index contributed by atoms with van der Waals surface area (Å²) in [6, 6.07) is 7.82. The Morgan fingerprint density at radius 1 is 1.44 bits per heavy atom. The van der Waals surface area contributed by atoms with Crippen LogP contribution in [0.3, 0.4) is 0 Å². The van der Waals surface area contributed by atoms with Gasteiger partial charge in [0.05, 0.1) is 4.83 Å². The SMILES string of the molecule is CCC(Br)c1nc(-c2cccc(Br)c2)no1. The first-order valence-electron chi connectivity index (χ1n) is 4.94. The van der Waals surface area contributed by atoms with Crippen LogP contribution in [-0.4, -0.2) is 10.1 Å². The van der Waals surface area contributed by atoms with Crippen molar-refractivity contribution in [2.24, 2.45) is 0 Å². The summed E-state index contributed by atoms with van der Waals surface area (Å²) in [6.45, 7) is 2.06. The van der Waals surface area contributed by atoms with Gasteiger partial charge in [-0.2, -0.15) is 4.98 Å². The highest BCUT2D eigenvalue weighted by Gasteiger charge is 2.14. The zero-order valence-electron chi connectivity index (χ0n) is 8.65. The van der Waals surface area contributed by atoms with Gasteiger partial charge < -0.3 is 4.52 Å². The van der Waals surface area contributed by atoms with Gasteiger partial charge in [-0.25, -0.2) is 0 Å². The average molecular weight is 346 g/mol. The zero-order valence-corrected chi connectivity index (χ0v) is 11.8. The lowest BCUT2D eigenvalue weighted by atomic mass is 10.2. The van der Waals surface area contributed by atoms with E-state index >= 15 is 0 Å². The van der Waals surface area contributed by atoms with E-state index in [9.17, 15) is 0 Å². The highest BCUT2D eigenvalue weighted by atomic mass is 79.9. The van der Waals surface area contributed by atoms with Crippen LogP contribution >= 0.6 is 31.9 Å². The molecule has 2 rings (SSSR count).